The first-order chi connectivity index (χ1) is 8.22. The van der Waals surface area contributed by atoms with Crippen LogP contribution in [0.2, 0.25) is 0 Å². The van der Waals surface area contributed by atoms with E-state index >= 15 is 0 Å². The second kappa shape index (κ2) is 7.84. The van der Waals surface area contributed by atoms with Crippen molar-refractivity contribution in [3.63, 3.8) is 0 Å². The molecule has 0 atom stereocenters. The van der Waals surface area contributed by atoms with Gasteiger partial charge < -0.3 is 15.0 Å². The summed E-state index contributed by atoms with van der Waals surface area (Å²) in [6.45, 7) is 4.68. The number of rotatable bonds is 8. The molecule has 96 valence electrons. The number of unbranched alkanes of at least 4 members (excludes halogenated alkanes) is 1. The second-order valence-electron chi connectivity index (χ2n) is 4.17. The fourth-order valence-corrected chi connectivity index (χ4v) is 1.24. The van der Waals surface area contributed by atoms with Gasteiger partial charge in [-0.1, -0.05) is 13.3 Å². The van der Waals surface area contributed by atoms with Gasteiger partial charge in [-0.05, 0) is 20.5 Å². The predicted molar refractivity (Wildman–Crippen MR) is 69.5 cm³/mol. The molecule has 0 aromatic carbocycles. The molecule has 0 aliphatic rings. The van der Waals surface area contributed by atoms with E-state index in [-0.39, 0.29) is 0 Å². The summed E-state index contributed by atoms with van der Waals surface area (Å²) < 4.78 is 5.51. The summed E-state index contributed by atoms with van der Waals surface area (Å²) in [5, 5.41) is 3.23. The number of nitrogens with one attached hydrogen (secondary N) is 1. The van der Waals surface area contributed by atoms with Crippen molar-refractivity contribution in [3.8, 4) is 5.88 Å². The molecule has 0 spiro atoms. The molecule has 0 unspecified atom stereocenters. The molecule has 0 amide bonds. The van der Waals surface area contributed by atoms with Crippen LogP contribution in [0.4, 0.5) is 5.82 Å². The molecule has 0 saturated carbocycles. The van der Waals surface area contributed by atoms with Crippen LogP contribution in [0.25, 0.3) is 0 Å². The van der Waals surface area contributed by atoms with Gasteiger partial charge in [-0.15, -0.1) is 0 Å². The van der Waals surface area contributed by atoms with E-state index in [0.717, 1.165) is 31.7 Å². The van der Waals surface area contributed by atoms with Crippen molar-refractivity contribution in [2.45, 2.75) is 19.8 Å². The monoisotopic (exact) mass is 238 g/mol. The molecule has 5 nitrogen and oxygen atoms in total. The van der Waals surface area contributed by atoms with Crippen molar-refractivity contribution in [3.05, 3.63) is 12.4 Å². The van der Waals surface area contributed by atoms with Crippen LogP contribution in [-0.4, -0.2) is 48.7 Å². The van der Waals surface area contributed by atoms with E-state index in [0.29, 0.717) is 12.5 Å². The molecule has 1 aromatic heterocycles. The third kappa shape index (κ3) is 6.06. The Balaban J connectivity index is 2.37. The fourth-order valence-electron chi connectivity index (χ4n) is 1.24. The van der Waals surface area contributed by atoms with E-state index in [2.05, 4.69) is 27.1 Å². The Morgan fingerprint density at radius 2 is 2.18 bits per heavy atom. The van der Waals surface area contributed by atoms with Gasteiger partial charge in [0.2, 0.25) is 5.88 Å². The van der Waals surface area contributed by atoms with Gasteiger partial charge in [0.15, 0.2) is 0 Å². The lowest BCUT2D eigenvalue weighted by Crippen LogP contribution is -2.21. The summed E-state index contributed by atoms with van der Waals surface area (Å²) in [6, 6.07) is 1.84. The number of anilines is 1. The zero-order valence-electron chi connectivity index (χ0n) is 10.9. The third-order valence-electron chi connectivity index (χ3n) is 2.25. The van der Waals surface area contributed by atoms with Gasteiger partial charge in [0.25, 0.3) is 0 Å². The van der Waals surface area contributed by atoms with Crippen LogP contribution in [0.15, 0.2) is 12.4 Å². The maximum absolute atomic E-state index is 5.51. The third-order valence-corrected chi connectivity index (χ3v) is 2.25. The highest BCUT2D eigenvalue weighted by Crippen LogP contribution is 2.10. The summed E-state index contributed by atoms with van der Waals surface area (Å²) in [4.78, 5) is 10.3. The van der Waals surface area contributed by atoms with E-state index in [4.69, 9.17) is 4.74 Å². The minimum absolute atomic E-state index is 0.640. The van der Waals surface area contributed by atoms with Gasteiger partial charge in [0, 0.05) is 19.2 Å². The number of ether oxygens (including phenoxy) is 1. The van der Waals surface area contributed by atoms with Crippen molar-refractivity contribution in [2.24, 2.45) is 0 Å². The largest absolute Gasteiger partial charge is 0.478 e. The number of hydrogen-bond donors (Lipinski definition) is 1. The summed E-state index contributed by atoms with van der Waals surface area (Å²) >= 11 is 0. The van der Waals surface area contributed by atoms with Gasteiger partial charge in [0.05, 0.1) is 6.61 Å². The maximum atomic E-state index is 5.51. The molecule has 0 saturated heterocycles. The lowest BCUT2D eigenvalue weighted by atomic mass is 10.4. The average molecular weight is 238 g/mol. The minimum Gasteiger partial charge on any atom is -0.478 e. The van der Waals surface area contributed by atoms with Crippen molar-refractivity contribution in [2.75, 3.05) is 39.1 Å². The normalized spacial score (nSPS) is 10.6. The maximum Gasteiger partial charge on any atom is 0.218 e. The van der Waals surface area contributed by atoms with Crippen molar-refractivity contribution in [1.82, 2.24) is 14.9 Å². The summed E-state index contributed by atoms with van der Waals surface area (Å²) in [5.41, 5.74) is 0. The zero-order chi connectivity index (χ0) is 12.5. The Hall–Kier alpha value is -1.36. The van der Waals surface area contributed by atoms with Crippen LogP contribution in [0.3, 0.4) is 0 Å². The Kier molecular flexibility index (Phi) is 6.32. The zero-order valence-corrected chi connectivity index (χ0v) is 10.9. The smallest absolute Gasteiger partial charge is 0.218 e. The van der Waals surface area contributed by atoms with Crippen molar-refractivity contribution >= 4 is 5.82 Å². The SMILES string of the molecule is CCCCOc1cc(NCCN(C)C)ncn1. The Bertz CT molecular complexity index is 317. The number of nitrogens with zero attached hydrogens (tertiary/aromatic N) is 3. The molecule has 0 bridgehead atoms. The van der Waals surface area contributed by atoms with Gasteiger partial charge in [-0.3, -0.25) is 0 Å². The van der Waals surface area contributed by atoms with Gasteiger partial charge >= 0.3 is 0 Å². The lowest BCUT2D eigenvalue weighted by molar-refractivity contribution is 0.297. The Morgan fingerprint density at radius 3 is 2.88 bits per heavy atom. The van der Waals surface area contributed by atoms with Crippen LogP contribution < -0.4 is 10.1 Å². The Morgan fingerprint density at radius 1 is 1.35 bits per heavy atom. The van der Waals surface area contributed by atoms with Crippen LogP contribution >= 0.6 is 0 Å². The van der Waals surface area contributed by atoms with E-state index in [1.807, 2.05) is 20.2 Å². The highest BCUT2D eigenvalue weighted by Gasteiger charge is 1.99. The molecule has 5 heteroatoms. The summed E-state index contributed by atoms with van der Waals surface area (Å²) in [5.74, 6) is 1.45. The molecular weight excluding hydrogens is 216 g/mol. The molecule has 1 N–H and O–H groups in total. The van der Waals surface area contributed by atoms with Crippen LogP contribution in [0, 0.1) is 0 Å². The molecule has 17 heavy (non-hydrogen) atoms. The number of likely N-dealkylation sites (N-methyl/N-ethyl adjacent to an activating group) is 1. The molecule has 0 fully saturated rings. The van der Waals surface area contributed by atoms with Crippen molar-refractivity contribution in [1.29, 1.82) is 0 Å². The molecular formula is C12H22N4O. The van der Waals surface area contributed by atoms with E-state index < -0.39 is 0 Å². The predicted octanol–water partition coefficient (Wildman–Crippen LogP) is 1.63. The highest BCUT2D eigenvalue weighted by atomic mass is 16.5. The summed E-state index contributed by atoms with van der Waals surface area (Å²) in [6.07, 6.45) is 3.70. The topological polar surface area (TPSA) is 50.3 Å². The van der Waals surface area contributed by atoms with Gasteiger partial charge in [-0.2, -0.15) is 0 Å². The standard InChI is InChI=1S/C12H22N4O/c1-4-5-8-17-12-9-11(14-10-15-12)13-6-7-16(2)3/h9-10H,4-8H2,1-3H3,(H,13,14,15). The van der Waals surface area contributed by atoms with Crippen molar-refractivity contribution < 1.29 is 4.74 Å². The quantitative estimate of drug-likeness (QED) is 0.698. The number of hydrogen-bond acceptors (Lipinski definition) is 5. The summed E-state index contributed by atoms with van der Waals surface area (Å²) in [7, 11) is 4.09. The van der Waals surface area contributed by atoms with Crippen LogP contribution in [0.5, 0.6) is 5.88 Å². The first kappa shape index (κ1) is 13.7. The first-order valence-electron chi connectivity index (χ1n) is 6.06. The van der Waals surface area contributed by atoms with E-state index in [9.17, 15) is 0 Å². The minimum atomic E-state index is 0.640. The average Bonchev–Trinajstić information content (AvgIpc) is 2.29. The molecule has 1 rings (SSSR count). The number of aromatic nitrogens is 2. The molecule has 1 heterocycles. The molecule has 0 radical (unpaired) electrons. The van der Waals surface area contributed by atoms with Crippen LogP contribution in [-0.2, 0) is 0 Å². The van der Waals surface area contributed by atoms with E-state index in [1.54, 1.807) is 0 Å². The second-order valence-corrected chi connectivity index (χ2v) is 4.17. The lowest BCUT2D eigenvalue weighted by Gasteiger charge is -2.11. The molecule has 0 aliphatic heterocycles. The van der Waals surface area contributed by atoms with E-state index in [1.165, 1.54) is 6.33 Å². The fraction of sp³-hybridized carbons (Fsp3) is 0.667. The van der Waals surface area contributed by atoms with Crippen LogP contribution in [0.1, 0.15) is 19.8 Å². The first-order valence-corrected chi connectivity index (χ1v) is 6.06. The van der Waals surface area contributed by atoms with Gasteiger partial charge in [0.1, 0.15) is 12.1 Å². The van der Waals surface area contributed by atoms with Gasteiger partial charge in [-0.25, -0.2) is 9.97 Å². The molecule has 1 aromatic rings. The molecule has 0 aliphatic carbocycles. The highest BCUT2D eigenvalue weighted by molar-refractivity contribution is 5.36. The Labute approximate surface area is 103 Å².